The fourth-order valence-electron chi connectivity index (χ4n) is 1.79. The summed E-state index contributed by atoms with van der Waals surface area (Å²) in [5.41, 5.74) is 2.41. The van der Waals surface area contributed by atoms with Crippen molar-refractivity contribution in [2.45, 2.75) is 19.9 Å². The molecule has 0 unspecified atom stereocenters. The number of nitrogens with zero attached hydrogens (tertiary/aromatic N) is 2. The molecule has 0 aliphatic carbocycles. The predicted octanol–water partition coefficient (Wildman–Crippen LogP) is 3.38. The van der Waals surface area contributed by atoms with E-state index < -0.39 is 0 Å². The van der Waals surface area contributed by atoms with Crippen LogP contribution in [0.1, 0.15) is 12.5 Å². The molecule has 3 heteroatoms. The Morgan fingerprint density at radius 1 is 1.41 bits per heavy atom. The quantitative estimate of drug-likeness (QED) is 0.794. The maximum atomic E-state index is 4.31. The van der Waals surface area contributed by atoms with Crippen LogP contribution in [0.25, 0.3) is 0 Å². The zero-order valence-corrected chi connectivity index (χ0v) is 10.1. The van der Waals surface area contributed by atoms with E-state index in [9.17, 15) is 0 Å². The largest absolute Gasteiger partial charge is 0.325 e. The summed E-state index contributed by atoms with van der Waals surface area (Å²) in [6, 6.07) is 8.29. The van der Waals surface area contributed by atoms with Crippen LogP contribution in [-0.4, -0.2) is 9.55 Å². The maximum absolute atomic E-state index is 4.31. The highest BCUT2D eigenvalue weighted by molar-refractivity contribution is 5.58. The molecule has 0 bridgehead atoms. The first-order valence-corrected chi connectivity index (χ1v) is 5.82. The first kappa shape index (κ1) is 11.5. The molecule has 1 heterocycles. The molecule has 3 nitrogen and oxygen atoms in total. The summed E-state index contributed by atoms with van der Waals surface area (Å²) in [6.07, 6.45) is 6.60. The lowest BCUT2D eigenvalue weighted by molar-refractivity contribution is 0.832. The first-order valence-electron chi connectivity index (χ1n) is 5.82. The molecule has 17 heavy (non-hydrogen) atoms. The molecule has 0 fully saturated rings. The van der Waals surface area contributed by atoms with Crippen LogP contribution in [0, 0.1) is 0 Å². The van der Waals surface area contributed by atoms with Gasteiger partial charge in [0.15, 0.2) is 0 Å². The van der Waals surface area contributed by atoms with Gasteiger partial charge in [0.2, 0.25) is 5.95 Å². The zero-order valence-electron chi connectivity index (χ0n) is 10.1. The number of rotatable bonds is 5. The predicted molar refractivity (Wildman–Crippen MR) is 71.5 cm³/mol. The smallest absolute Gasteiger partial charge is 0.207 e. The van der Waals surface area contributed by atoms with Crippen LogP contribution in [0.2, 0.25) is 0 Å². The van der Waals surface area contributed by atoms with Gasteiger partial charge in [-0.15, -0.1) is 6.58 Å². The SMILES string of the molecule is C=CCn1ccnc1Nc1ccccc1CC. The molecule has 0 saturated heterocycles. The number of nitrogens with one attached hydrogen (secondary N) is 1. The van der Waals surface area contributed by atoms with Crippen LogP contribution < -0.4 is 5.32 Å². The molecule has 0 aliphatic rings. The summed E-state index contributed by atoms with van der Waals surface area (Å²) in [6.45, 7) is 6.65. The summed E-state index contributed by atoms with van der Waals surface area (Å²) in [4.78, 5) is 4.31. The molecule has 0 spiro atoms. The van der Waals surface area contributed by atoms with Gasteiger partial charge in [-0.25, -0.2) is 4.98 Å². The molecule has 0 atom stereocenters. The zero-order chi connectivity index (χ0) is 12.1. The Morgan fingerprint density at radius 2 is 2.24 bits per heavy atom. The van der Waals surface area contributed by atoms with Gasteiger partial charge in [0.1, 0.15) is 0 Å². The Labute approximate surface area is 102 Å². The van der Waals surface area contributed by atoms with Crippen molar-refractivity contribution in [1.29, 1.82) is 0 Å². The molecule has 0 amide bonds. The summed E-state index contributed by atoms with van der Waals surface area (Å²) in [7, 11) is 0. The van der Waals surface area contributed by atoms with Crippen molar-refractivity contribution in [3.8, 4) is 0 Å². The second-order valence-electron chi connectivity index (χ2n) is 3.83. The number of anilines is 2. The van der Waals surface area contributed by atoms with Gasteiger partial charge in [0.25, 0.3) is 0 Å². The summed E-state index contributed by atoms with van der Waals surface area (Å²) in [5.74, 6) is 0.853. The average Bonchev–Trinajstić information content (AvgIpc) is 2.78. The molecule has 0 saturated carbocycles. The Hall–Kier alpha value is -2.03. The molecule has 1 aromatic heterocycles. The number of aromatic nitrogens is 2. The lowest BCUT2D eigenvalue weighted by Crippen LogP contribution is -2.03. The first-order chi connectivity index (χ1) is 8.35. The van der Waals surface area contributed by atoms with E-state index in [1.54, 1.807) is 6.20 Å². The molecule has 88 valence electrons. The second kappa shape index (κ2) is 5.34. The Balaban J connectivity index is 2.25. The number of hydrogen-bond acceptors (Lipinski definition) is 2. The second-order valence-corrected chi connectivity index (χ2v) is 3.83. The lowest BCUT2D eigenvalue weighted by Gasteiger charge is -2.11. The third-order valence-corrected chi connectivity index (χ3v) is 2.69. The van der Waals surface area contributed by atoms with E-state index in [4.69, 9.17) is 0 Å². The van der Waals surface area contributed by atoms with Gasteiger partial charge in [0, 0.05) is 24.6 Å². The molecule has 1 N–H and O–H groups in total. The highest BCUT2D eigenvalue weighted by atomic mass is 15.2. The standard InChI is InChI=1S/C14H17N3/c1-3-10-17-11-9-15-14(17)16-13-8-6-5-7-12(13)4-2/h3,5-9,11H,1,4,10H2,2H3,(H,15,16). The van der Waals surface area contributed by atoms with Gasteiger partial charge in [-0.2, -0.15) is 0 Å². The average molecular weight is 227 g/mol. The minimum Gasteiger partial charge on any atom is -0.325 e. The van der Waals surface area contributed by atoms with Crippen LogP contribution in [0.4, 0.5) is 11.6 Å². The minimum atomic E-state index is 0.761. The van der Waals surface area contributed by atoms with E-state index in [1.165, 1.54) is 5.56 Å². The van der Waals surface area contributed by atoms with Crippen molar-refractivity contribution >= 4 is 11.6 Å². The third kappa shape index (κ3) is 2.56. The number of aryl methyl sites for hydroxylation is 1. The van der Waals surface area contributed by atoms with E-state index in [2.05, 4.69) is 42.0 Å². The monoisotopic (exact) mass is 227 g/mol. The summed E-state index contributed by atoms with van der Waals surface area (Å²) in [5, 5.41) is 3.36. The molecular weight excluding hydrogens is 210 g/mol. The number of benzene rings is 1. The summed E-state index contributed by atoms with van der Waals surface area (Å²) >= 11 is 0. The topological polar surface area (TPSA) is 29.9 Å². The number of allylic oxidation sites excluding steroid dienone is 1. The molecule has 2 aromatic rings. The van der Waals surface area contributed by atoms with Crippen LogP contribution in [-0.2, 0) is 13.0 Å². The summed E-state index contributed by atoms with van der Waals surface area (Å²) < 4.78 is 2.03. The number of para-hydroxylation sites is 1. The Kier molecular flexibility index (Phi) is 3.60. The maximum Gasteiger partial charge on any atom is 0.207 e. The minimum absolute atomic E-state index is 0.761. The molecule has 2 rings (SSSR count). The van der Waals surface area contributed by atoms with E-state index >= 15 is 0 Å². The van der Waals surface area contributed by atoms with E-state index in [-0.39, 0.29) is 0 Å². The van der Waals surface area contributed by atoms with Crippen molar-refractivity contribution in [1.82, 2.24) is 9.55 Å². The van der Waals surface area contributed by atoms with Gasteiger partial charge in [-0.05, 0) is 18.1 Å². The number of hydrogen-bond donors (Lipinski definition) is 1. The Morgan fingerprint density at radius 3 is 3.00 bits per heavy atom. The molecule has 0 radical (unpaired) electrons. The van der Waals surface area contributed by atoms with E-state index in [0.29, 0.717) is 0 Å². The van der Waals surface area contributed by atoms with Crippen LogP contribution >= 0.6 is 0 Å². The fraction of sp³-hybridized carbons (Fsp3) is 0.214. The van der Waals surface area contributed by atoms with Crippen molar-refractivity contribution < 1.29 is 0 Å². The van der Waals surface area contributed by atoms with Gasteiger partial charge in [-0.3, -0.25) is 0 Å². The van der Waals surface area contributed by atoms with Crippen molar-refractivity contribution in [3.63, 3.8) is 0 Å². The normalized spacial score (nSPS) is 10.2. The van der Waals surface area contributed by atoms with E-state index in [1.807, 2.05) is 22.9 Å². The molecular formula is C14H17N3. The number of imidazole rings is 1. The van der Waals surface area contributed by atoms with E-state index in [0.717, 1.165) is 24.6 Å². The highest BCUT2D eigenvalue weighted by Crippen LogP contribution is 2.20. The van der Waals surface area contributed by atoms with Gasteiger partial charge in [0.05, 0.1) is 0 Å². The van der Waals surface area contributed by atoms with Crippen molar-refractivity contribution in [2.24, 2.45) is 0 Å². The fourth-order valence-corrected chi connectivity index (χ4v) is 1.79. The van der Waals surface area contributed by atoms with Crippen molar-refractivity contribution in [2.75, 3.05) is 5.32 Å². The third-order valence-electron chi connectivity index (χ3n) is 2.69. The lowest BCUT2D eigenvalue weighted by atomic mass is 10.1. The van der Waals surface area contributed by atoms with Gasteiger partial charge in [-0.1, -0.05) is 31.2 Å². The Bertz CT molecular complexity index is 500. The van der Waals surface area contributed by atoms with Crippen LogP contribution in [0.5, 0.6) is 0 Å². The van der Waals surface area contributed by atoms with Gasteiger partial charge >= 0.3 is 0 Å². The van der Waals surface area contributed by atoms with Crippen LogP contribution in [0.3, 0.4) is 0 Å². The molecule has 1 aromatic carbocycles. The highest BCUT2D eigenvalue weighted by Gasteiger charge is 2.04. The van der Waals surface area contributed by atoms with Gasteiger partial charge < -0.3 is 9.88 Å². The van der Waals surface area contributed by atoms with Crippen molar-refractivity contribution in [3.05, 3.63) is 54.9 Å². The van der Waals surface area contributed by atoms with Crippen LogP contribution in [0.15, 0.2) is 49.3 Å². The molecule has 0 aliphatic heterocycles.